The lowest BCUT2D eigenvalue weighted by Gasteiger charge is -2.14. The van der Waals surface area contributed by atoms with E-state index in [1.807, 2.05) is 6.92 Å². The fourth-order valence-corrected chi connectivity index (χ4v) is 3.98. The van der Waals surface area contributed by atoms with Gasteiger partial charge in [0, 0.05) is 6.54 Å². The molecule has 30 heavy (non-hydrogen) atoms. The molecule has 0 saturated carbocycles. The normalized spacial score (nSPS) is 11.2. The van der Waals surface area contributed by atoms with Gasteiger partial charge in [0.1, 0.15) is 4.90 Å². The molecular weight excluding hydrogens is 490 g/mol. The van der Waals surface area contributed by atoms with Crippen LogP contribution in [0.15, 0.2) is 63.5 Å². The van der Waals surface area contributed by atoms with Gasteiger partial charge in [-0.1, -0.05) is 23.8 Å². The topological polar surface area (TPSA) is 89.0 Å². The van der Waals surface area contributed by atoms with E-state index in [0.717, 1.165) is 5.56 Å². The Morgan fingerprint density at radius 2 is 2.00 bits per heavy atom. The number of nitrogens with one attached hydrogen (secondary N) is 2. The molecule has 0 spiro atoms. The molecule has 0 atom stereocenters. The number of ether oxygens (including phenoxy) is 1. The van der Waals surface area contributed by atoms with E-state index in [1.165, 1.54) is 18.3 Å². The molecule has 0 saturated heterocycles. The van der Waals surface area contributed by atoms with Gasteiger partial charge in [-0.3, -0.25) is 5.43 Å². The molecule has 0 aliphatic carbocycles. The van der Waals surface area contributed by atoms with Gasteiger partial charge in [-0.05, 0) is 71.8 Å². The Morgan fingerprint density at radius 1 is 1.30 bits per heavy atom. The van der Waals surface area contributed by atoms with Gasteiger partial charge in [-0.25, -0.2) is 0 Å². The summed E-state index contributed by atoms with van der Waals surface area (Å²) in [5.41, 5.74) is 4.26. The van der Waals surface area contributed by atoms with Crippen LogP contribution in [0.4, 0.5) is 0 Å². The van der Waals surface area contributed by atoms with Crippen LogP contribution in [-0.2, 0) is 10.1 Å². The lowest BCUT2D eigenvalue weighted by atomic mass is 10.2. The molecule has 0 aliphatic heterocycles. The van der Waals surface area contributed by atoms with Crippen LogP contribution in [0.1, 0.15) is 18.1 Å². The molecule has 0 aromatic heterocycles. The van der Waals surface area contributed by atoms with Crippen molar-refractivity contribution in [3.05, 3.63) is 64.7 Å². The van der Waals surface area contributed by atoms with Crippen molar-refractivity contribution in [1.82, 2.24) is 10.7 Å². The number of hydrogen-bond acceptors (Lipinski definition) is 6. The molecular formula is C20H22BrN3O4S2. The molecule has 7 nitrogen and oxygen atoms in total. The van der Waals surface area contributed by atoms with Crippen LogP contribution in [0.5, 0.6) is 11.5 Å². The summed E-state index contributed by atoms with van der Waals surface area (Å²) in [5, 5.41) is 7.28. The number of hydrazone groups is 1. The summed E-state index contributed by atoms with van der Waals surface area (Å²) in [6.45, 7) is 8.09. The van der Waals surface area contributed by atoms with Crippen molar-refractivity contribution in [1.29, 1.82) is 0 Å². The minimum absolute atomic E-state index is 0.0535. The minimum Gasteiger partial charge on any atom is -0.490 e. The highest BCUT2D eigenvalue weighted by atomic mass is 79.9. The monoisotopic (exact) mass is 511 g/mol. The van der Waals surface area contributed by atoms with Gasteiger partial charge >= 0.3 is 10.1 Å². The van der Waals surface area contributed by atoms with Crippen molar-refractivity contribution in [3.63, 3.8) is 0 Å². The van der Waals surface area contributed by atoms with Gasteiger partial charge in [0.15, 0.2) is 16.6 Å². The number of nitrogens with zero attached hydrogens (tertiary/aromatic N) is 1. The van der Waals surface area contributed by atoms with E-state index in [2.05, 4.69) is 38.4 Å². The molecule has 0 aliphatic rings. The summed E-state index contributed by atoms with van der Waals surface area (Å²) in [6, 6.07) is 9.68. The third-order valence-electron chi connectivity index (χ3n) is 3.62. The third kappa shape index (κ3) is 6.82. The smallest absolute Gasteiger partial charge is 0.339 e. The first-order chi connectivity index (χ1) is 14.3. The third-order valence-corrected chi connectivity index (χ3v) is 5.68. The molecule has 10 heteroatoms. The summed E-state index contributed by atoms with van der Waals surface area (Å²) < 4.78 is 36.7. The van der Waals surface area contributed by atoms with Crippen LogP contribution < -0.4 is 19.7 Å². The molecule has 2 aromatic carbocycles. The lowest BCUT2D eigenvalue weighted by Crippen LogP contribution is -2.31. The number of hydrogen-bond donors (Lipinski definition) is 2. The second-order valence-electron chi connectivity index (χ2n) is 5.98. The Hall–Kier alpha value is -2.43. The molecule has 2 aromatic rings. The maximum absolute atomic E-state index is 12.7. The van der Waals surface area contributed by atoms with Crippen molar-refractivity contribution in [3.8, 4) is 11.5 Å². The van der Waals surface area contributed by atoms with Crippen molar-refractivity contribution < 1.29 is 17.3 Å². The van der Waals surface area contributed by atoms with Gasteiger partial charge in [-0.15, -0.1) is 6.58 Å². The van der Waals surface area contributed by atoms with Gasteiger partial charge in [0.05, 0.1) is 17.3 Å². The highest BCUT2D eigenvalue weighted by Gasteiger charge is 2.22. The first kappa shape index (κ1) is 23.8. The Kier molecular flexibility index (Phi) is 8.82. The van der Waals surface area contributed by atoms with Gasteiger partial charge < -0.3 is 14.2 Å². The number of benzene rings is 2. The van der Waals surface area contributed by atoms with Crippen LogP contribution in [0.3, 0.4) is 0 Å². The van der Waals surface area contributed by atoms with E-state index in [1.54, 1.807) is 37.3 Å². The molecule has 0 heterocycles. The van der Waals surface area contributed by atoms with Crippen LogP contribution in [-0.4, -0.2) is 32.9 Å². The van der Waals surface area contributed by atoms with Gasteiger partial charge in [0.2, 0.25) is 0 Å². The number of rotatable bonds is 9. The first-order valence-corrected chi connectivity index (χ1v) is 11.5. The van der Waals surface area contributed by atoms with Crippen LogP contribution >= 0.6 is 28.1 Å². The molecule has 0 bridgehead atoms. The van der Waals surface area contributed by atoms with Crippen LogP contribution in [0.2, 0.25) is 0 Å². The van der Waals surface area contributed by atoms with E-state index >= 15 is 0 Å². The molecule has 0 unspecified atom stereocenters. The fraction of sp³-hybridized carbons (Fsp3) is 0.200. The summed E-state index contributed by atoms with van der Waals surface area (Å²) in [6.07, 6.45) is 3.19. The Labute approximate surface area is 190 Å². The van der Waals surface area contributed by atoms with Crippen molar-refractivity contribution in [2.75, 3.05) is 13.2 Å². The zero-order valence-corrected chi connectivity index (χ0v) is 19.7. The summed E-state index contributed by atoms with van der Waals surface area (Å²) in [5.74, 6) is 0.321. The number of halogens is 1. The predicted molar refractivity (Wildman–Crippen MR) is 126 cm³/mol. The minimum atomic E-state index is -4.03. The number of thiocarbonyl (C=S) groups is 1. The Balaban J connectivity index is 2.27. The van der Waals surface area contributed by atoms with Crippen LogP contribution in [0.25, 0.3) is 0 Å². The fourth-order valence-electron chi connectivity index (χ4n) is 2.24. The lowest BCUT2D eigenvalue weighted by molar-refractivity contribution is 0.327. The van der Waals surface area contributed by atoms with E-state index in [0.29, 0.717) is 28.3 Å². The van der Waals surface area contributed by atoms with E-state index < -0.39 is 10.1 Å². The predicted octanol–water partition coefficient (Wildman–Crippen LogP) is 3.91. The van der Waals surface area contributed by atoms with E-state index in [-0.39, 0.29) is 16.4 Å². The zero-order chi connectivity index (χ0) is 22.1. The molecule has 2 rings (SSSR count). The second-order valence-corrected chi connectivity index (χ2v) is 8.79. The maximum atomic E-state index is 12.7. The Morgan fingerprint density at radius 3 is 2.63 bits per heavy atom. The zero-order valence-electron chi connectivity index (χ0n) is 16.5. The molecule has 0 radical (unpaired) electrons. The molecule has 0 amide bonds. The van der Waals surface area contributed by atoms with Gasteiger partial charge in [0.25, 0.3) is 0 Å². The average Bonchev–Trinajstić information content (AvgIpc) is 2.69. The maximum Gasteiger partial charge on any atom is 0.339 e. The molecule has 160 valence electrons. The van der Waals surface area contributed by atoms with E-state index in [4.69, 9.17) is 21.1 Å². The van der Waals surface area contributed by atoms with Crippen molar-refractivity contribution in [2.45, 2.75) is 18.7 Å². The quantitative estimate of drug-likeness (QED) is 0.173. The summed E-state index contributed by atoms with van der Waals surface area (Å²) in [7, 11) is -4.03. The van der Waals surface area contributed by atoms with Gasteiger partial charge in [-0.2, -0.15) is 13.5 Å². The first-order valence-electron chi connectivity index (χ1n) is 8.92. The molecule has 2 N–H and O–H groups in total. The number of aryl methyl sites for hydroxylation is 1. The average molecular weight is 512 g/mol. The Bertz CT molecular complexity index is 1040. The highest BCUT2D eigenvalue weighted by molar-refractivity contribution is 9.10. The molecule has 0 fully saturated rings. The second kappa shape index (κ2) is 11.1. The standard InChI is InChI=1S/C20H22BrN3O4S2/c1-4-10-22-20(29)24-23-13-15-11-17(21)19(18(12-15)27-5-2)28-30(25,26)16-8-6-14(3)7-9-16/h4,6-9,11-13H,1,5,10H2,2-3H3,(H2,22,24,29)/b23-13+. The summed E-state index contributed by atoms with van der Waals surface area (Å²) in [4.78, 5) is 0.0535. The van der Waals surface area contributed by atoms with Crippen LogP contribution in [0, 0.1) is 6.92 Å². The SMILES string of the molecule is C=CCNC(=S)N/N=C/c1cc(Br)c(OS(=O)(=O)c2ccc(C)cc2)c(OCC)c1. The largest absolute Gasteiger partial charge is 0.490 e. The van der Waals surface area contributed by atoms with Crippen molar-refractivity contribution >= 4 is 49.6 Å². The van der Waals surface area contributed by atoms with Crippen molar-refractivity contribution in [2.24, 2.45) is 5.10 Å². The van der Waals surface area contributed by atoms with E-state index in [9.17, 15) is 8.42 Å². The summed E-state index contributed by atoms with van der Waals surface area (Å²) >= 11 is 8.42. The highest BCUT2D eigenvalue weighted by Crippen LogP contribution is 2.38.